The second-order valence-electron chi connectivity index (χ2n) is 8.28. The number of piperazine rings is 1. The van der Waals surface area contributed by atoms with Crippen LogP contribution in [-0.4, -0.2) is 106 Å². The number of nitrogens with one attached hydrogen (secondary N) is 2. The van der Waals surface area contributed by atoms with E-state index in [0.717, 1.165) is 70.9 Å². The maximum absolute atomic E-state index is 12.3. The van der Waals surface area contributed by atoms with Crippen molar-refractivity contribution in [2.75, 3.05) is 65.2 Å². The molecule has 0 spiro atoms. The Labute approximate surface area is 192 Å². The van der Waals surface area contributed by atoms with E-state index in [0.29, 0.717) is 13.1 Å². The summed E-state index contributed by atoms with van der Waals surface area (Å²) in [6.45, 7) is 12.2. The highest BCUT2D eigenvalue weighted by Gasteiger charge is 2.26. The number of carbonyl (C=O) groups is 1. The molecular formula is C18H37IN6O3S. The number of nitrogens with zero attached hydrogens (tertiary/aromatic N) is 4. The van der Waals surface area contributed by atoms with E-state index in [1.807, 2.05) is 25.7 Å². The van der Waals surface area contributed by atoms with Gasteiger partial charge in [-0.3, -0.25) is 14.7 Å². The van der Waals surface area contributed by atoms with Gasteiger partial charge in [0.25, 0.3) is 0 Å². The van der Waals surface area contributed by atoms with Crippen molar-refractivity contribution in [3.63, 3.8) is 0 Å². The summed E-state index contributed by atoms with van der Waals surface area (Å²) in [6, 6.07) is 0. The van der Waals surface area contributed by atoms with E-state index in [9.17, 15) is 13.2 Å². The van der Waals surface area contributed by atoms with Crippen LogP contribution < -0.4 is 10.0 Å². The van der Waals surface area contributed by atoms with Crippen LogP contribution in [0.4, 0.5) is 0 Å². The normalized spacial score (nSPS) is 19.2. The fourth-order valence-electron chi connectivity index (χ4n) is 3.61. The Bertz CT molecular complexity index is 657. The molecule has 0 atom stereocenters. The molecule has 2 aliphatic rings. The van der Waals surface area contributed by atoms with Crippen molar-refractivity contribution in [3.05, 3.63) is 0 Å². The molecule has 1 amide bonds. The molecule has 170 valence electrons. The molecule has 0 unspecified atom stereocenters. The van der Waals surface area contributed by atoms with Crippen molar-refractivity contribution in [3.8, 4) is 0 Å². The highest BCUT2D eigenvalue weighted by Crippen LogP contribution is 2.10. The lowest BCUT2D eigenvalue weighted by Gasteiger charge is -2.37. The highest BCUT2D eigenvalue weighted by molar-refractivity contribution is 14.0. The first-order valence-corrected chi connectivity index (χ1v) is 12.0. The van der Waals surface area contributed by atoms with Crippen LogP contribution in [0.3, 0.4) is 0 Å². The molecule has 0 bridgehead atoms. The van der Waals surface area contributed by atoms with Gasteiger partial charge in [-0.15, -0.1) is 24.0 Å². The molecule has 2 rings (SSSR count). The average Bonchev–Trinajstić information content (AvgIpc) is 3.12. The maximum Gasteiger partial charge on any atom is 0.236 e. The van der Waals surface area contributed by atoms with Crippen LogP contribution in [0.1, 0.15) is 33.6 Å². The van der Waals surface area contributed by atoms with E-state index >= 15 is 0 Å². The summed E-state index contributed by atoms with van der Waals surface area (Å²) in [4.78, 5) is 23.3. The van der Waals surface area contributed by atoms with Gasteiger partial charge in [-0.25, -0.2) is 13.1 Å². The first-order valence-electron chi connectivity index (χ1n) is 10.1. The van der Waals surface area contributed by atoms with Crippen LogP contribution in [0.2, 0.25) is 0 Å². The lowest BCUT2D eigenvalue weighted by molar-refractivity contribution is -0.131. The van der Waals surface area contributed by atoms with Gasteiger partial charge in [-0.2, -0.15) is 0 Å². The number of carbonyl (C=O) groups excluding carboxylic acids is 1. The van der Waals surface area contributed by atoms with Crippen LogP contribution >= 0.6 is 24.0 Å². The molecule has 0 saturated carbocycles. The van der Waals surface area contributed by atoms with Crippen LogP contribution in [0.25, 0.3) is 0 Å². The number of aliphatic imine (C=N–C) groups is 1. The predicted octanol–water partition coefficient (Wildman–Crippen LogP) is 0.138. The molecule has 2 aliphatic heterocycles. The molecule has 0 aromatic carbocycles. The molecule has 29 heavy (non-hydrogen) atoms. The van der Waals surface area contributed by atoms with E-state index in [2.05, 4.69) is 24.8 Å². The molecule has 11 heteroatoms. The van der Waals surface area contributed by atoms with Crippen molar-refractivity contribution in [2.24, 2.45) is 4.99 Å². The summed E-state index contributed by atoms with van der Waals surface area (Å²) in [5.41, 5.74) is -0.655. The Morgan fingerprint density at radius 3 is 2.14 bits per heavy atom. The van der Waals surface area contributed by atoms with E-state index in [4.69, 9.17) is 0 Å². The van der Waals surface area contributed by atoms with Gasteiger partial charge in [0.15, 0.2) is 5.96 Å². The largest absolute Gasteiger partial charge is 0.357 e. The third-order valence-electron chi connectivity index (χ3n) is 4.91. The molecule has 2 fully saturated rings. The summed E-state index contributed by atoms with van der Waals surface area (Å²) >= 11 is 0. The monoisotopic (exact) mass is 544 g/mol. The topological polar surface area (TPSA) is 97.3 Å². The minimum atomic E-state index is -3.29. The van der Waals surface area contributed by atoms with Gasteiger partial charge in [0.05, 0.1) is 19.3 Å². The smallest absolute Gasteiger partial charge is 0.236 e. The van der Waals surface area contributed by atoms with E-state index in [-0.39, 0.29) is 29.9 Å². The number of sulfonamides is 1. The molecule has 0 aliphatic carbocycles. The van der Waals surface area contributed by atoms with Gasteiger partial charge in [0.1, 0.15) is 0 Å². The van der Waals surface area contributed by atoms with Gasteiger partial charge >= 0.3 is 0 Å². The minimum Gasteiger partial charge on any atom is -0.357 e. The molecule has 2 N–H and O–H groups in total. The lowest BCUT2D eigenvalue weighted by atomic mass is 10.1. The summed E-state index contributed by atoms with van der Waals surface area (Å²) in [7, 11) is -3.29. The van der Waals surface area contributed by atoms with Crippen LogP contribution in [0.5, 0.6) is 0 Å². The van der Waals surface area contributed by atoms with E-state index < -0.39 is 15.6 Å². The summed E-state index contributed by atoms with van der Waals surface area (Å²) in [6.07, 6.45) is 3.39. The number of hydrogen-bond donors (Lipinski definition) is 2. The second-order valence-corrected chi connectivity index (χ2v) is 10.0. The average molecular weight is 545 g/mol. The standard InChI is InChI=1S/C18H36N6O3S.HI/c1-5-19-17(20-15-18(2,3)21-28(4,26)27)24-12-10-22(11-13-24)14-16(25)23-8-6-7-9-23;/h21H,5-15H2,1-4H3,(H,19,20);1H. The van der Waals surface area contributed by atoms with Crippen molar-refractivity contribution in [2.45, 2.75) is 39.2 Å². The first-order chi connectivity index (χ1) is 13.1. The fraction of sp³-hybridized carbons (Fsp3) is 0.889. The zero-order valence-corrected chi connectivity index (χ0v) is 21.3. The second kappa shape index (κ2) is 11.7. The van der Waals surface area contributed by atoms with Crippen molar-refractivity contribution in [1.29, 1.82) is 0 Å². The number of likely N-dealkylation sites (tertiary alicyclic amines) is 1. The predicted molar refractivity (Wildman–Crippen MR) is 127 cm³/mol. The number of guanidine groups is 1. The third-order valence-corrected chi connectivity index (χ3v) is 5.83. The van der Waals surface area contributed by atoms with Gasteiger partial charge in [-0.05, 0) is 33.6 Å². The summed E-state index contributed by atoms with van der Waals surface area (Å²) < 4.78 is 25.7. The third kappa shape index (κ3) is 9.35. The van der Waals surface area contributed by atoms with Gasteiger partial charge in [0, 0.05) is 51.4 Å². The van der Waals surface area contributed by atoms with Gasteiger partial charge < -0.3 is 15.1 Å². The van der Waals surface area contributed by atoms with Crippen molar-refractivity contribution in [1.82, 2.24) is 24.7 Å². The van der Waals surface area contributed by atoms with Crippen molar-refractivity contribution < 1.29 is 13.2 Å². The van der Waals surface area contributed by atoms with Gasteiger partial charge in [0.2, 0.25) is 15.9 Å². The quantitative estimate of drug-likeness (QED) is 0.269. The van der Waals surface area contributed by atoms with Crippen LogP contribution in [0, 0.1) is 0 Å². The maximum atomic E-state index is 12.3. The minimum absolute atomic E-state index is 0. The van der Waals surface area contributed by atoms with Gasteiger partial charge in [-0.1, -0.05) is 0 Å². The number of halogens is 1. The Balaban J connectivity index is 0.00000420. The summed E-state index contributed by atoms with van der Waals surface area (Å²) in [5, 5.41) is 3.29. The van der Waals surface area contributed by atoms with Crippen LogP contribution in [0.15, 0.2) is 4.99 Å². The van der Waals surface area contributed by atoms with Crippen LogP contribution in [-0.2, 0) is 14.8 Å². The Morgan fingerprint density at radius 2 is 1.62 bits per heavy atom. The molecule has 0 radical (unpaired) electrons. The highest BCUT2D eigenvalue weighted by atomic mass is 127. The van der Waals surface area contributed by atoms with E-state index in [1.54, 1.807) is 0 Å². The summed E-state index contributed by atoms with van der Waals surface area (Å²) in [5.74, 6) is 1.02. The van der Waals surface area contributed by atoms with E-state index in [1.165, 1.54) is 0 Å². The first kappa shape index (κ1) is 26.4. The zero-order chi connectivity index (χ0) is 20.8. The molecular weight excluding hydrogens is 507 g/mol. The SMILES string of the molecule is CCNC(=NCC(C)(C)NS(C)(=O)=O)N1CCN(CC(=O)N2CCCC2)CC1.I. The Morgan fingerprint density at radius 1 is 1.03 bits per heavy atom. The lowest BCUT2D eigenvalue weighted by Crippen LogP contribution is -2.54. The molecule has 2 heterocycles. The Kier molecular flexibility index (Phi) is 10.6. The van der Waals surface area contributed by atoms with Crippen molar-refractivity contribution >= 4 is 45.9 Å². The number of rotatable bonds is 7. The number of hydrogen-bond acceptors (Lipinski definition) is 5. The number of amides is 1. The molecule has 2 saturated heterocycles. The molecule has 9 nitrogen and oxygen atoms in total. The fourth-order valence-corrected chi connectivity index (χ4v) is 4.68. The molecule has 0 aromatic heterocycles. The molecule has 0 aromatic rings. The zero-order valence-electron chi connectivity index (χ0n) is 18.1. The Hall–Kier alpha value is -0.660.